The molecule has 1 aromatic rings. The Hall–Kier alpha value is -0.870. The Morgan fingerprint density at radius 1 is 1.89 bits per heavy atom. The average molecular weight is 127 g/mol. The third-order valence-electron chi connectivity index (χ3n) is 0.927. The second kappa shape index (κ2) is 3.21. The summed E-state index contributed by atoms with van der Waals surface area (Å²) in [5.74, 6) is 0. The topological polar surface area (TPSA) is 49.9 Å². The lowest BCUT2D eigenvalue weighted by atomic mass is 10.5. The predicted octanol–water partition coefficient (Wildman–Crippen LogP) is 0.0607. The van der Waals surface area contributed by atoms with Gasteiger partial charge in [0.05, 0.1) is 18.2 Å². The van der Waals surface area contributed by atoms with Gasteiger partial charge in [-0.1, -0.05) is 0 Å². The molecule has 0 radical (unpaired) electrons. The van der Waals surface area contributed by atoms with Crippen molar-refractivity contribution in [2.24, 2.45) is 0 Å². The number of aromatic amines is 1. The van der Waals surface area contributed by atoms with Gasteiger partial charge >= 0.3 is 0 Å². The minimum absolute atomic E-state index is 0.524. The second-order valence-corrected chi connectivity index (χ2v) is 1.57. The third-order valence-corrected chi connectivity index (χ3v) is 0.927. The summed E-state index contributed by atoms with van der Waals surface area (Å²) in [4.78, 5) is 11.6. The summed E-state index contributed by atoms with van der Waals surface area (Å²) in [6.07, 6.45) is 3.34. The molecule has 4 nitrogen and oxygen atoms in total. The van der Waals surface area contributed by atoms with Crippen molar-refractivity contribution in [2.45, 2.75) is 6.61 Å². The van der Waals surface area contributed by atoms with Crippen LogP contribution >= 0.6 is 0 Å². The number of hydroxylamine groups is 1. The lowest BCUT2D eigenvalue weighted by molar-refractivity contribution is 0.0426. The third kappa shape index (κ3) is 1.83. The molecule has 0 fully saturated rings. The molecule has 1 rings (SSSR count). The molecular weight excluding hydrogens is 118 g/mol. The lowest BCUT2D eigenvalue weighted by Crippen LogP contribution is -2.06. The molecule has 9 heavy (non-hydrogen) atoms. The second-order valence-electron chi connectivity index (χ2n) is 1.57. The molecule has 0 aromatic carbocycles. The number of aromatic nitrogens is 2. The fourth-order valence-electron chi connectivity index (χ4n) is 0.514. The summed E-state index contributed by atoms with van der Waals surface area (Å²) in [6, 6.07) is 0. The van der Waals surface area contributed by atoms with Crippen molar-refractivity contribution in [1.82, 2.24) is 15.4 Å². The maximum absolute atomic E-state index is 4.86. The quantitative estimate of drug-likeness (QED) is 0.564. The van der Waals surface area contributed by atoms with E-state index in [0.717, 1.165) is 5.69 Å². The van der Waals surface area contributed by atoms with Crippen molar-refractivity contribution in [3.8, 4) is 0 Å². The van der Waals surface area contributed by atoms with Gasteiger partial charge in [-0.15, -0.1) is 0 Å². The summed E-state index contributed by atoms with van der Waals surface area (Å²) in [6.45, 7) is 0.524. The predicted molar refractivity (Wildman–Crippen MR) is 32.4 cm³/mol. The molecule has 0 atom stereocenters. The Balaban J connectivity index is 2.30. The van der Waals surface area contributed by atoms with Gasteiger partial charge in [0.1, 0.15) is 6.61 Å². The van der Waals surface area contributed by atoms with Crippen LogP contribution in [0.4, 0.5) is 0 Å². The van der Waals surface area contributed by atoms with E-state index in [9.17, 15) is 0 Å². The van der Waals surface area contributed by atoms with E-state index >= 15 is 0 Å². The zero-order valence-electron chi connectivity index (χ0n) is 5.22. The highest BCUT2D eigenvalue weighted by Gasteiger charge is 1.89. The normalized spacial score (nSPS) is 9.89. The van der Waals surface area contributed by atoms with Crippen LogP contribution in [0.2, 0.25) is 0 Å². The molecule has 2 N–H and O–H groups in total. The van der Waals surface area contributed by atoms with E-state index < -0.39 is 0 Å². The van der Waals surface area contributed by atoms with E-state index in [4.69, 9.17) is 4.84 Å². The molecule has 1 aromatic heterocycles. The number of hydrogen-bond donors (Lipinski definition) is 2. The van der Waals surface area contributed by atoms with Crippen molar-refractivity contribution >= 4 is 0 Å². The number of H-pyrrole nitrogens is 1. The van der Waals surface area contributed by atoms with Gasteiger partial charge in [0, 0.05) is 7.05 Å². The maximum atomic E-state index is 4.86. The zero-order valence-corrected chi connectivity index (χ0v) is 5.22. The molecule has 0 aliphatic rings. The summed E-state index contributed by atoms with van der Waals surface area (Å²) in [5, 5.41) is 0. The van der Waals surface area contributed by atoms with Gasteiger partial charge in [-0.2, -0.15) is 0 Å². The summed E-state index contributed by atoms with van der Waals surface area (Å²) in [7, 11) is 1.72. The van der Waals surface area contributed by atoms with Crippen LogP contribution in [0.15, 0.2) is 12.5 Å². The standard InChI is InChI=1S/C5H9N3O/c1-6-9-3-5-2-7-4-8-5/h2,4,6H,3H2,1H3,(H,7,8). The van der Waals surface area contributed by atoms with E-state index in [-0.39, 0.29) is 0 Å². The molecule has 0 aliphatic carbocycles. The molecular formula is C5H9N3O. The summed E-state index contributed by atoms with van der Waals surface area (Å²) >= 11 is 0. The van der Waals surface area contributed by atoms with Crippen molar-refractivity contribution in [3.05, 3.63) is 18.2 Å². The van der Waals surface area contributed by atoms with Crippen LogP contribution in [-0.2, 0) is 11.4 Å². The zero-order chi connectivity index (χ0) is 6.53. The van der Waals surface area contributed by atoms with Gasteiger partial charge in [0.2, 0.25) is 0 Å². The number of nitrogens with one attached hydrogen (secondary N) is 2. The fourth-order valence-corrected chi connectivity index (χ4v) is 0.514. The number of imidazole rings is 1. The van der Waals surface area contributed by atoms with Crippen molar-refractivity contribution in [2.75, 3.05) is 7.05 Å². The Bertz CT molecular complexity index is 149. The number of rotatable bonds is 3. The molecule has 4 heteroatoms. The first-order chi connectivity index (χ1) is 4.43. The molecule has 1 heterocycles. The van der Waals surface area contributed by atoms with Gasteiger partial charge in [-0.25, -0.2) is 10.5 Å². The van der Waals surface area contributed by atoms with Gasteiger partial charge < -0.3 is 4.98 Å². The van der Waals surface area contributed by atoms with E-state index in [0.29, 0.717) is 6.61 Å². The van der Waals surface area contributed by atoms with Crippen LogP contribution in [0.25, 0.3) is 0 Å². The first kappa shape index (κ1) is 6.25. The highest BCUT2D eigenvalue weighted by Crippen LogP contribution is 1.90. The highest BCUT2D eigenvalue weighted by atomic mass is 16.6. The molecule has 0 unspecified atom stereocenters. The van der Waals surface area contributed by atoms with Gasteiger partial charge in [-0.05, 0) is 0 Å². The highest BCUT2D eigenvalue weighted by molar-refractivity contribution is 4.90. The van der Waals surface area contributed by atoms with E-state index in [1.807, 2.05) is 0 Å². The van der Waals surface area contributed by atoms with Crippen LogP contribution in [0.1, 0.15) is 5.69 Å². The van der Waals surface area contributed by atoms with Crippen molar-refractivity contribution in [1.29, 1.82) is 0 Å². The Kier molecular flexibility index (Phi) is 2.23. The molecule has 50 valence electrons. The Morgan fingerprint density at radius 2 is 2.78 bits per heavy atom. The maximum Gasteiger partial charge on any atom is 0.110 e. The first-order valence-electron chi connectivity index (χ1n) is 2.69. The molecule has 0 spiro atoms. The molecule has 0 bridgehead atoms. The SMILES string of the molecule is CNOCc1cnc[nH]1. The first-order valence-corrected chi connectivity index (χ1v) is 2.69. The number of nitrogens with zero attached hydrogens (tertiary/aromatic N) is 1. The van der Waals surface area contributed by atoms with Crippen LogP contribution in [0.5, 0.6) is 0 Å². The Labute approximate surface area is 53.2 Å². The van der Waals surface area contributed by atoms with Crippen LogP contribution in [0, 0.1) is 0 Å². The molecule has 0 saturated heterocycles. The van der Waals surface area contributed by atoms with Crippen LogP contribution in [-0.4, -0.2) is 17.0 Å². The summed E-state index contributed by atoms with van der Waals surface area (Å²) < 4.78 is 0. The van der Waals surface area contributed by atoms with Crippen molar-refractivity contribution < 1.29 is 4.84 Å². The largest absolute Gasteiger partial charge is 0.347 e. The van der Waals surface area contributed by atoms with Crippen LogP contribution < -0.4 is 5.48 Å². The Morgan fingerprint density at radius 3 is 3.33 bits per heavy atom. The van der Waals surface area contributed by atoms with Crippen LogP contribution in [0.3, 0.4) is 0 Å². The number of hydrogen-bond acceptors (Lipinski definition) is 3. The lowest BCUT2D eigenvalue weighted by Gasteiger charge is -1.95. The van der Waals surface area contributed by atoms with E-state index in [1.54, 1.807) is 19.6 Å². The monoisotopic (exact) mass is 127 g/mol. The summed E-state index contributed by atoms with van der Waals surface area (Å²) in [5.41, 5.74) is 3.52. The average Bonchev–Trinajstić information content (AvgIpc) is 2.34. The molecule has 0 saturated carbocycles. The van der Waals surface area contributed by atoms with Gasteiger partial charge in [0.15, 0.2) is 0 Å². The molecule has 0 amide bonds. The van der Waals surface area contributed by atoms with E-state index in [2.05, 4.69) is 15.4 Å². The van der Waals surface area contributed by atoms with Gasteiger partial charge in [-0.3, -0.25) is 4.84 Å². The smallest absolute Gasteiger partial charge is 0.110 e. The van der Waals surface area contributed by atoms with Crippen molar-refractivity contribution in [3.63, 3.8) is 0 Å². The van der Waals surface area contributed by atoms with Gasteiger partial charge in [0.25, 0.3) is 0 Å². The minimum Gasteiger partial charge on any atom is -0.347 e. The minimum atomic E-state index is 0.524. The fraction of sp³-hybridized carbons (Fsp3) is 0.400. The van der Waals surface area contributed by atoms with E-state index in [1.165, 1.54) is 0 Å². The molecule has 0 aliphatic heterocycles.